The Balaban J connectivity index is 2.12. The normalized spacial score (nSPS) is 39.2. The summed E-state index contributed by atoms with van der Waals surface area (Å²) in [7, 11) is 0. The number of carbonyl (C=O) groups is 2. The number of Topliss-reactive ketones (excluding diaryl/α,β-unsaturated/α-hetero) is 1. The van der Waals surface area contributed by atoms with Gasteiger partial charge in [-0.1, -0.05) is 0 Å². The van der Waals surface area contributed by atoms with Crippen LogP contribution in [0.15, 0.2) is 0 Å². The minimum Gasteiger partial charge on any atom is -0.459 e. The van der Waals surface area contributed by atoms with Crippen molar-refractivity contribution in [1.29, 1.82) is 0 Å². The van der Waals surface area contributed by atoms with E-state index >= 15 is 0 Å². The van der Waals surface area contributed by atoms with Crippen molar-refractivity contribution in [3.63, 3.8) is 0 Å². The highest BCUT2D eigenvalue weighted by atomic mass is 17.3. The Morgan fingerprint density at radius 1 is 1.53 bits per heavy atom. The molecule has 0 aromatic heterocycles. The average Bonchev–Trinajstić information content (AvgIpc) is 2.46. The van der Waals surface area contributed by atoms with Crippen molar-refractivity contribution < 1.29 is 33.6 Å². The van der Waals surface area contributed by atoms with Crippen LogP contribution in [0.2, 0.25) is 0 Å². The molecule has 0 N–H and O–H groups in total. The van der Waals surface area contributed by atoms with E-state index in [0.717, 1.165) is 0 Å². The molecule has 84 valence electrons. The summed E-state index contributed by atoms with van der Waals surface area (Å²) in [5, 5.41) is 0. The van der Waals surface area contributed by atoms with E-state index in [2.05, 4.69) is 4.74 Å². The van der Waals surface area contributed by atoms with Crippen molar-refractivity contribution in [2.45, 2.75) is 25.6 Å². The highest BCUT2D eigenvalue weighted by Crippen LogP contribution is 2.38. The third-order valence-electron chi connectivity index (χ3n) is 2.03. The molecule has 2 fully saturated rings. The molecule has 0 aromatic rings. The van der Waals surface area contributed by atoms with Crippen molar-refractivity contribution in [3.05, 3.63) is 0 Å². The third-order valence-corrected chi connectivity index (χ3v) is 2.03. The van der Waals surface area contributed by atoms with Gasteiger partial charge in [-0.05, 0) is 0 Å². The molecule has 0 saturated carbocycles. The van der Waals surface area contributed by atoms with Crippen LogP contribution in [0, 0.1) is 0 Å². The van der Waals surface area contributed by atoms with Gasteiger partial charge in [0.15, 0.2) is 6.61 Å². The van der Waals surface area contributed by atoms with Crippen LogP contribution in [0.25, 0.3) is 0 Å². The summed E-state index contributed by atoms with van der Waals surface area (Å²) in [5.74, 6) is -4.12. The van der Waals surface area contributed by atoms with E-state index in [1.165, 1.54) is 13.8 Å². The maximum atomic E-state index is 11.5. The van der Waals surface area contributed by atoms with Crippen LogP contribution in [-0.4, -0.2) is 36.7 Å². The lowest BCUT2D eigenvalue weighted by Crippen LogP contribution is -2.53. The Morgan fingerprint density at radius 2 is 2.27 bits per heavy atom. The largest absolute Gasteiger partial charge is 0.459 e. The molecule has 2 bridgehead atoms. The zero-order valence-corrected chi connectivity index (χ0v) is 8.27. The van der Waals surface area contributed by atoms with E-state index in [1.54, 1.807) is 0 Å². The summed E-state index contributed by atoms with van der Waals surface area (Å²) >= 11 is 0. The molecule has 0 aromatic carbocycles. The second-order valence-electron chi connectivity index (χ2n) is 3.38. The SMILES string of the molecule is CC(=O)OCC12OOC(C)(OCC1=O)O2. The first-order valence-corrected chi connectivity index (χ1v) is 4.33. The van der Waals surface area contributed by atoms with Gasteiger partial charge < -0.3 is 9.47 Å². The highest BCUT2D eigenvalue weighted by molar-refractivity contribution is 5.88. The third kappa shape index (κ3) is 1.74. The summed E-state index contributed by atoms with van der Waals surface area (Å²) in [6.45, 7) is 2.11. The summed E-state index contributed by atoms with van der Waals surface area (Å²) < 4.78 is 14.8. The van der Waals surface area contributed by atoms with Gasteiger partial charge in [0.2, 0.25) is 5.78 Å². The smallest absolute Gasteiger partial charge is 0.312 e. The Kier molecular flexibility index (Phi) is 2.27. The van der Waals surface area contributed by atoms with E-state index in [1.807, 2.05) is 0 Å². The van der Waals surface area contributed by atoms with Gasteiger partial charge in [-0.15, -0.1) is 0 Å². The van der Waals surface area contributed by atoms with Crippen LogP contribution in [0.5, 0.6) is 0 Å². The minimum absolute atomic E-state index is 0.211. The molecular formula is C8H10O7. The molecule has 15 heavy (non-hydrogen) atoms. The van der Waals surface area contributed by atoms with Crippen LogP contribution in [0.4, 0.5) is 0 Å². The fourth-order valence-electron chi connectivity index (χ4n) is 1.27. The summed E-state index contributed by atoms with van der Waals surface area (Å²) in [4.78, 5) is 31.6. The zero-order chi connectivity index (χ0) is 11.1. The quantitative estimate of drug-likeness (QED) is 0.456. The first-order chi connectivity index (χ1) is 6.96. The number of ketones is 1. The van der Waals surface area contributed by atoms with Gasteiger partial charge in [-0.3, -0.25) is 14.3 Å². The van der Waals surface area contributed by atoms with Crippen molar-refractivity contribution in [1.82, 2.24) is 0 Å². The second kappa shape index (κ2) is 3.24. The number of rotatable bonds is 2. The molecule has 2 rings (SSSR count). The van der Waals surface area contributed by atoms with Crippen molar-refractivity contribution in [3.8, 4) is 0 Å². The molecular weight excluding hydrogens is 208 g/mol. The maximum absolute atomic E-state index is 11.5. The molecule has 2 aliphatic rings. The zero-order valence-electron chi connectivity index (χ0n) is 8.27. The number of hydrogen-bond acceptors (Lipinski definition) is 7. The first-order valence-electron chi connectivity index (χ1n) is 4.33. The van der Waals surface area contributed by atoms with Crippen molar-refractivity contribution >= 4 is 11.8 Å². The number of ether oxygens (including phenoxy) is 3. The van der Waals surface area contributed by atoms with Crippen molar-refractivity contribution in [2.75, 3.05) is 13.2 Å². The lowest BCUT2D eigenvalue weighted by Gasteiger charge is -2.29. The number of esters is 1. The standard InChI is InChI=1S/C8H10O7/c1-5(9)11-4-8-6(10)3-12-7(2,13-8)14-15-8/h3-4H2,1-2H3. The van der Waals surface area contributed by atoms with Gasteiger partial charge in [0.1, 0.15) is 6.61 Å². The Bertz CT molecular complexity index is 314. The van der Waals surface area contributed by atoms with Crippen LogP contribution in [0.1, 0.15) is 13.8 Å². The van der Waals surface area contributed by atoms with E-state index in [0.29, 0.717) is 0 Å². The summed E-state index contributed by atoms with van der Waals surface area (Å²) in [6, 6.07) is 0. The fourth-order valence-corrected chi connectivity index (χ4v) is 1.27. The monoisotopic (exact) mass is 218 g/mol. The molecule has 2 heterocycles. The van der Waals surface area contributed by atoms with E-state index in [-0.39, 0.29) is 13.2 Å². The molecule has 0 aliphatic carbocycles. The van der Waals surface area contributed by atoms with Gasteiger partial charge >= 0.3 is 17.7 Å². The molecule has 0 spiro atoms. The van der Waals surface area contributed by atoms with Crippen LogP contribution < -0.4 is 0 Å². The highest BCUT2D eigenvalue weighted by Gasteiger charge is 2.61. The van der Waals surface area contributed by atoms with E-state index < -0.39 is 23.5 Å². The summed E-state index contributed by atoms with van der Waals surface area (Å²) in [6.07, 6.45) is 0. The predicted octanol–water partition coefficient (Wildman–Crippen LogP) is -0.503. The lowest BCUT2D eigenvalue weighted by molar-refractivity contribution is -0.401. The first kappa shape index (κ1) is 10.5. The summed E-state index contributed by atoms with van der Waals surface area (Å²) in [5.41, 5.74) is 0. The number of carbonyl (C=O) groups excluding carboxylic acids is 2. The van der Waals surface area contributed by atoms with Gasteiger partial charge in [0.05, 0.1) is 0 Å². The van der Waals surface area contributed by atoms with Gasteiger partial charge in [0.25, 0.3) is 0 Å². The molecule has 2 saturated heterocycles. The fraction of sp³-hybridized carbons (Fsp3) is 0.750. The van der Waals surface area contributed by atoms with E-state index in [4.69, 9.17) is 19.2 Å². The molecule has 2 unspecified atom stereocenters. The average molecular weight is 218 g/mol. The molecule has 7 heteroatoms. The van der Waals surface area contributed by atoms with Gasteiger partial charge in [-0.25, -0.2) is 0 Å². The minimum atomic E-state index is -1.68. The van der Waals surface area contributed by atoms with Crippen LogP contribution in [0.3, 0.4) is 0 Å². The molecule has 7 nitrogen and oxygen atoms in total. The molecule has 0 amide bonds. The van der Waals surface area contributed by atoms with Gasteiger partial charge in [-0.2, -0.15) is 9.78 Å². The van der Waals surface area contributed by atoms with Crippen LogP contribution in [-0.2, 0) is 33.6 Å². The van der Waals surface area contributed by atoms with E-state index in [9.17, 15) is 9.59 Å². The Morgan fingerprint density at radius 3 is 2.93 bits per heavy atom. The maximum Gasteiger partial charge on any atom is 0.312 e. The number of hydrogen-bond donors (Lipinski definition) is 0. The van der Waals surface area contributed by atoms with Crippen molar-refractivity contribution in [2.24, 2.45) is 0 Å². The Hall–Kier alpha value is -1.02. The Labute approximate surface area is 85.1 Å². The lowest BCUT2D eigenvalue weighted by atomic mass is 10.2. The number of fused-ring (bicyclic) bond motifs is 2. The molecule has 2 aliphatic heterocycles. The molecule has 0 radical (unpaired) electrons. The molecule has 2 atom stereocenters. The topological polar surface area (TPSA) is 80.3 Å². The van der Waals surface area contributed by atoms with Crippen LogP contribution >= 0.6 is 0 Å². The second-order valence-corrected chi connectivity index (χ2v) is 3.38. The predicted molar refractivity (Wildman–Crippen MR) is 42.0 cm³/mol. The van der Waals surface area contributed by atoms with Gasteiger partial charge in [0, 0.05) is 13.8 Å².